The molecule has 2 N–H and O–H groups in total. The van der Waals surface area contributed by atoms with Gasteiger partial charge in [-0.2, -0.15) is 5.10 Å². The molecule has 0 aromatic carbocycles. The fourth-order valence-electron chi connectivity index (χ4n) is 1.85. The van der Waals surface area contributed by atoms with E-state index in [4.69, 9.17) is 5.73 Å². The first-order chi connectivity index (χ1) is 7.99. The lowest BCUT2D eigenvalue weighted by Gasteiger charge is -2.12. The Morgan fingerprint density at radius 3 is 2.59 bits per heavy atom. The maximum absolute atomic E-state index is 6.16. The van der Waals surface area contributed by atoms with Crippen molar-refractivity contribution in [3.05, 3.63) is 28.9 Å². The molecule has 0 amide bonds. The molecule has 1 atom stereocenters. The van der Waals surface area contributed by atoms with Gasteiger partial charge in [-0.1, -0.05) is 13.8 Å². The topological polar surface area (TPSA) is 43.8 Å². The smallest absolute Gasteiger partial charge is 0.0680 e. The summed E-state index contributed by atoms with van der Waals surface area (Å²) in [7, 11) is 1.95. The molecule has 2 rings (SSSR count). The van der Waals surface area contributed by atoms with E-state index in [0.29, 0.717) is 5.92 Å². The van der Waals surface area contributed by atoms with Crippen LogP contribution in [0.5, 0.6) is 0 Å². The summed E-state index contributed by atoms with van der Waals surface area (Å²) in [4.78, 5) is 2.50. The molecule has 1 unspecified atom stereocenters. The predicted molar refractivity (Wildman–Crippen MR) is 73.0 cm³/mol. The van der Waals surface area contributed by atoms with Crippen molar-refractivity contribution in [3.8, 4) is 10.4 Å². The summed E-state index contributed by atoms with van der Waals surface area (Å²) in [6, 6.07) is 4.41. The highest BCUT2D eigenvalue weighted by molar-refractivity contribution is 7.15. The lowest BCUT2D eigenvalue weighted by molar-refractivity contribution is 0.521. The molecule has 2 heterocycles. The quantitative estimate of drug-likeness (QED) is 0.908. The van der Waals surface area contributed by atoms with E-state index in [2.05, 4.69) is 37.3 Å². The zero-order valence-corrected chi connectivity index (χ0v) is 11.6. The van der Waals surface area contributed by atoms with E-state index in [9.17, 15) is 0 Å². The van der Waals surface area contributed by atoms with Gasteiger partial charge in [0.1, 0.15) is 0 Å². The van der Waals surface area contributed by atoms with Crippen molar-refractivity contribution in [2.24, 2.45) is 18.7 Å². The molecule has 2 aromatic rings. The Morgan fingerprint density at radius 1 is 1.35 bits per heavy atom. The molecule has 0 aliphatic heterocycles. The molecule has 0 spiro atoms. The van der Waals surface area contributed by atoms with Gasteiger partial charge in [-0.3, -0.25) is 4.68 Å². The average Bonchev–Trinajstić information content (AvgIpc) is 2.83. The van der Waals surface area contributed by atoms with Crippen molar-refractivity contribution in [2.45, 2.75) is 26.8 Å². The second kappa shape index (κ2) is 4.63. The van der Waals surface area contributed by atoms with Gasteiger partial charge in [0.15, 0.2) is 0 Å². The van der Waals surface area contributed by atoms with Crippen LogP contribution in [0.1, 0.15) is 30.5 Å². The zero-order valence-electron chi connectivity index (χ0n) is 10.8. The van der Waals surface area contributed by atoms with Crippen LogP contribution in [0.15, 0.2) is 18.3 Å². The molecule has 0 bridgehead atoms. The van der Waals surface area contributed by atoms with E-state index >= 15 is 0 Å². The first-order valence-corrected chi connectivity index (χ1v) is 6.66. The van der Waals surface area contributed by atoms with Gasteiger partial charge in [-0.25, -0.2) is 0 Å². The molecule has 3 nitrogen and oxygen atoms in total. The van der Waals surface area contributed by atoms with Gasteiger partial charge in [0.05, 0.1) is 5.69 Å². The molecule has 0 radical (unpaired) electrons. The van der Waals surface area contributed by atoms with Crippen LogP contribution in [0.2, 0.25) is 0 Å². The average molecular weight is 249 g/mol. The highest BCUT2D eigenvalue weighted by atomic mass is 32.1. The van der Waals surface area contributed by atoms with Gasteiger partial charge in [0, 0.05) is 34.6 Å². The summed E-state index contributed by atoms with van der Waals surface area (Å²) in [5.41, 5.74) is 8.44. The first kappa shape index (κ1) is 12.3. The number of nitrogens with zero attached hydrogens (tertiary/aromatic N) is 2. The van der Waals surface area contributed by atoms with Crippen molar-refractivity contribution in [2.75, 3.05) is 0 Å². The highest BCUT2D eigenvalue weighted by Gasteiger charge is 2.15. The Bertz CT molecular complexity index is 510. The van der Waals surface area contributed by atoms with Gasteiger partial charge in [-0.15, -0.1) is 11.3 Å². The molecule has 0 aliphatic carbocycles. The Balaban J connectivity index is 2.33. The Kier molecular flexibility index (Phi) is 3.35. The van der Waals surface area contributed by atoms with Gasteiger partial charge in [0.2, 0.25) is 0 Å². The van der Waals surface area contributed by atoms with Crippen LogP contribution in [-0.4, -0.2) is 9.78 Å². The Morgan fingerprint density at radius 2 is 2.06 bits per heavy atom. The van der Waals surface area contributed by atoms with Gasteiger partial charge in [0.25, 0.3) is 0 Å². The summed E-state index contributed by atoms with van der Waals surface area (Å²) >= 11 is 1.77. The summed E-state index contributed by atoms with van der Waals surface area (Å²) in [5.74, 6) is 0.469. The third-order valence-electron chi connectivity index (χ3n) is 2.95. The Hall–Kier alpha value is -1.13. The molecule has 0 saturated heterocycles. The van der Waals surface area contributed by atoms with Crippen molar-refractivity contribution < 1.29 is 0 Å². The molecule has 2 aromatic heterocycles. The highest BCUT2D eigenvalue weighted by Crippen LogP contribution is 2.34. The number of aryl methyl sites for hydroxylation is 2. The number of hydrogen-bond acceptors (Lipinski definition) is 3. The largest absolute Gasteiger partial charge is 0.323 e. The summed E-state index contributed by atoms with van der Waals surface area (Å²) in [6.45, 7) is 6.34. The molecule has 0 fully saturated rings. The van der Waals surface area contributed by atoms with Crippen LogP contribution in [0.25, 0.3) is 10.4 Å². The van der Waals surface area contributed by atoms with Crippen molar-refractivity contribution in [3.63, 3.8) is 0 Å². The number of nitrogens with two attached hydrogens (primary N) is 1. The van der Waals surface area contributed by atoms with Crippen LogP contribution < -0.4 is 5.73 Å². The molecule has 0 saturated carbocycles. The minimum Gasteiger partial charge on any atom is -0.323 e. The normalized spacial score (nSPS) is 13.3. The molecule has 92 valence electrons. The molecular formula is C13H19N3S. The molecule has 0 aliphatic rings. The van der Waals surface area contributed by atoms with Gasteiger partial charge >= 0.3 is 0 Å². The summed E-state index contributed by atoms with van der Waals surface area (Å²) in [6.07, 6.45) is 2.06. The third-order valence-corrected chi connectivity index (χ3v) is 4.17. The number of rotatable bonds is 3. The molecule has 17 heavy (non-hydrogen) atoms. The van der Waals surface area contributed by atoms with Crippen LogP contribution in [-0.2, 0) is 7.05 Å². The number of thiophene rings is 1. The fraction of sp³-hybridized carbons (Fsp3) is 0.462. The van der Waals surface area contributed by atoms with Gasteiger partial charge in [-0.05, 0) is 25.0 Å². The van der Waals surface area contributed by atoms with Crippen molar-refractivity contribution >= 4 is 11.3 Å². The van der Waals surface area contributed by atoms with E-state index in [1.807, 2.05) is 18.7 Å². The Labute approximate surface area is 106 Å². The number of aromatic nitrogens is 2. The van der Waals surface area contributed by atoms with E-state index in [1.54, 1.807) is 11.3 Å². The fourth-order valence-corrected chi connectivity index (χ4v) is 3.09. The maximum atomic E-state index is 6.16. The molecular weight excluding hydrogens is 230 g/mol. The predicted octanol–water partition coefficient (Wildman–Crippen LogP) is 3.11. The molecule has 4 heteroatoms. The summed E-state index contributed by atoms with van der Waals surface area (Å²) in [5, 5.41) is 4.37. The van der Waals surface area contributed by atoms with Crippen LogP contribution in [0.4, 0.5) is 0 Å². The second-order valence-corrected chi connectivity index (χ2v) is 5.89. The number of hydrogen-bond donors (Lipinski definition) is 1. The maximum Gasteiger partial charge on any atom is 0.0680 e. The van der Waals surface area contributed by atoms with Crippen molar-refractivity contribution in [1.29, 1.82) is 0 Å². The van der Waals surface area contributed by atoms with Crippen LogP contribution in [0.3, 0.4) is 0 Å². The van der Waals surface area contributed by atoms with E-state index in [-0.39, 0.29) is 6.04 Å². The SMILES string of the molecule is Cc1nn(C)cc1-c1ccc(C(N)C(C)C)s1. The minimum absolute atomic E-state index is 0.130. The monoisotopic (exact) mass is 249 g/mol. The van der Waals surface area contributed by atoms with Crippen LogP contribution >= 0.6 is 11.3 Å². The van der Waals surface area contributed by atoms with E-state index in [1.165, 1.54) is 15.3 Å². The second-order valence-electron chi connectivity index (χ2n) is 4.77. The van der Waals surface area contributed by atoms with Gasteiger partial charge < -0.3 is 5.73 Å². The first-order valence-electron chi connectivity index (χ1n) is 5.85. The van der Waals surface area contributed by atoms with E-state index in [0.717, 1.165) is 5.69 Å². The van der Waals surface area contributed by atoms with E-state index < -0.39 is 0 Å². The minimum atomic E-state index is 0.130. The lowest BCUT2D eigenvalue weighted by Crippen LogP contribution is -2.14. The standard InChI is InChI=1S/C13H19N3S/c1-8(2)13(14)12-6-5-11(17-12)10-7-16(4)15-9(10)3/h5-8,13H,14H2,1-4H3. The third kappa shape index (κ3) is 2.42. The summed E-state index contributed by atoms with van der Waals surface area (Å²) < 4.78 is 1.85. The van der Waals surface area contributed by atoms with Crippen LogP contribution in [0, 0.1) is 12.8 Å². The van der Waals surface area contributed by atoms with Crippen molar-refractivity contribution in [1.82, 2.24) is 9.78 Å². The zero-order chi connectivity index (χ0) is 12.6. The lowest BCUT2D eigenvalue weighted by atomic mass is 10.0.